The highest BCUT2D eigenvalue weighted by atomic mass is 19.1. The summed E-state index contributed by atoms with van der Waals surface area (Å²) < 4.78 is 21.5. The molecule has 1 unspecified atom stereocenters. The number of rotatable bonds is 9. The first-order chi connectivity index (χ1) is 28.2. The fourth-order valence-electron chi connectivity index (χ4n) is 9.47. The first kappa shape index (κ1) is 38.3. The molecule has 2 aromatic carbocycles. The van der Waals surface area contributed by atoms with Crippen molar-refractivity contribution in [3.05, 3.63) is 76.7 Å². The fourth-order valence-corrected chi connectivity index (χ4v) is 9.47. The predicted octanol–water partition coefficient (Wildman–Crippen LogP) is 4.20. The fraction of sp³-hybridized carbons (Fsp3) is 0.524. The Hall–Kier alpha value is -5.21. The van der Waals surface area contributed by atoms with Crippen LogP contribution in [0.4, 0.5) is 15.9 Å². The Morgan fingerprint density at radius 3 is 2.29 bits per heavy atom. The molecule has 2 N–H and O–H groups in total. The lowest BCUT2D eigenvalue weighted by molar-refractivity contribution is -0.259. The van der Waals surface area contributed by atoms with Gasteiger partial charge in [-0.2, -0.15) is 5.26 Å². The van der Waals surface area contributed by atoms with Gasteiger partial charge in [0, 0.05) is 50.6 Å². The normalized spacial score (nSPS) is 25.0. The summed E-state index contributed by atoms with van der Waals surface area (Å²) in [5, 5.41) is 20.8. The average molecular weight is 794 g/mol. The highest BCUT2D eigenvalue weighted by Crippen LogP contribution is 2.45. The highest BCUT2D eigenvalue weighted by Gasteiger charge is 2.48. The van der Waals surface area contributed by atoms with Crippen LogP contribution >= 0.6 is 0 Å². The summed E-state index contributed by atoms with van der Waals surface area (Å²) in [5.74, 6) is 0.418. The third-order valence-electron chi connectivity index (χ3n) is 12.9. The van der Waals surface area contributed by atoms with Gasteiger partial charge in [-0.05, 0) is 119 Å². The van der Waals surface area contributed by atoms with Gasteiger partial charge in [0.05, 0.1) is 41.2 Å². The number of nitrogens with zero attached hydrogens (tertiary/aromatic N) is 7. The number of nitriles is 1. The Morgan fingerprint density at radius 2 is 1.64 bits per heavy atom. The monoisotopic (exact) mass is 793 g/mol. The Balaban J connectivity index is 0.689. The lowest BCUT2D eigenvalue weighted by atomic mass is 9.71. The van der Waals surface area contributed by atoms with Crippen LogP contribution in [0.25, 0.3) is 0 Å². The van der Waals surface area contributed by atoms with Crippen molar-refractivity contribution in [3.8, 4) is 11.8 Å². The van der Waals surface area contributed by atoms with Crippen molar-refractivity contribution in [3.63, 3.8) is 0 Å². The zero-order valence-electron chi connectivity index (χ0n) is 32.4. The van der Waals surface area contributed by atoms with E-state index in [2.05, 4.69) is 37.0 Å². The van der Waals surface area contributed by atoms with E-state index in [0.29, 0.717) is 29.3 Å². The summed E-state index contributed by atoms with van der Waals surface area (Å²) in [6.45, 7) is 6.59. The molecule has 58 heavy (non-hydrogen) atoms. The number of amides is 3. The molecule has 304 valence electrons. The number of fused-ring (bicyclic) bond motifs is 1. The number of hydrogen-bond donors (Lipinski definition) is 2. The molecule has 1 aromatic heterocycles. The quantitative estimate of drug-likeness (QED) is 0.297. The molecule has 0 radical (unpaired) electrons. The molecule has 5 aliphatic heterocycles. The van der Waals surface area contributed by atoms with Crippen molar-refractivity contribution in [1.82, 2.24) is 31.0 Å². The Kier molecular flexibility index (Phi) is 10.7. The molecule has 1 spiro atoms. The lowest BCUT2D eigenvalue weighted by Gasteiger charge is -2.55. The number of carbonyl (C=O) groups excluding carboxylic acids is 3. The van der Waals surface area contributed by atoms with Crippen molar-refractivity contribution in [2.45, 2.75) is 76.2 Å². The van der Waals surface area contributed by atoms with E-state index in [-0.39, 0.29) is 41.2 Å². The standard InChI is InChI=1S/C42H48FN9O6/c43-34-21-32-33(41(55)52(40(32)54)38-13-20-56-48-58-38)22-36(34)51-25-42(26-51)14-18-49(19-15-42)24-28-11-16-50(17-12-28)37-10-9-35(46-47-37)39(53)45-29-3-7-31(8-4-29)57-30-5-1-27(23-44)2-6-30/h1-2,5-6,9-10,21-22,28-29,31,38,48H,3-4,7-8,11-20,24-26H2,(H,45,53)/t29-,31-,38?. The van der Waals surface area contributed by atoms with E-state index in [1.54, 1.807) is 18.2 Å². The zero-order valence-corrected chi connectivity index (χ0v) is 32.4. The zero-order chi connectivity index (χ0) is 39.8. The van der Waals surface area contributed by atoms with Gasteiger partial charge in [-0.25, -0.2) is 9.29 Å². The van der Waals surface area contributed by atoms with Crippen molar-refractivity contribution in [2.24, 2.45) is 11.3 Å². The van der Waals surface area contributed by atoms with Crippen molar-refractivity contribution in [2.75, 3.05) is 62.2 Å². The van der Waals surface area contributed by atoms with E-state index in [4.69, 9.17) is 19.7 Å². The van der Waals surface area contributed by atoms with Gasteiger partial charge >= 0.3 is 0 Å². The van der Waals surface area contributed by atoms with Crippen molar-refractivity contribution in [1.29, 1.82) is 5.26 Å². The molecule has 5 fully saturated rings. The molecule has 9 rings (SSSR count). The number of benzene rings is 2. The first-order valence-corrected chi connectivity index (χ1v) is 20.5. The third-order valence-corrected chi connectivity index (χ3v) is 12.9. The van der Waals surface area contributed by atoms with Gasteiger partial charge in [-0.3, -0.25) is 24.1 Å². The number of carbonyl (C=O) groups is 3. The van der Waals surface area contributed by atoms with E-state index < -0.39 is 23.9 Å². The van der Waals surface area contributed by atoms with Gasteiger partial charge in [0.15, 0.2) is 17.7 Å². The molecule has 15 nitrogen and oxygen atoms in total. The van der Waals surface area contributed by atoms with Crippen LogP contribution in [0.15, 0.2) is 48.5 Å². The number of nitrogens with one attached hydrogen (secondary N) is 2. The Bertz CT molecular complexity index is 2040. The second-order valence-corrected chi connectivity index (χ2v) is 16.7. The molecule has 1 saturated carbocycles. The van der Waals surface area contributed by atoms with Crippen LogP contribution in [0.1, 0.15) is 94.6 Å². The van der Waals surface area contributed by atoms with E-state index in [1.165, 1.54) is 12.1 Å². The Morgan fingerprint density at radius 1 is 0.914 bits per heavy atom. The van der Waals surface area contributed by atoms with E-state index >= 15 is 4.39 Å². The number of piperidine rings is 2. The summed E-state index contributed by atoms with van der Waals surface area (Å²) in [4.78, 5) is 57.3. The van der Waals surface area contributed by atoms with Crippen molar-refractivity contribution >= 4 is 29.2 Å². The molecule has 3 amide bonds. The minimum absolute atomic E-state index is 0.0637. The summed E-state index contributed by atoms with van der Waals surface area (Å²) in [6, 6.07) is 15.7. The molecule has 6 aliphatic rings. The second kappa shape index (κ2) is 16.2. The molecule has 0 bridgehead atoms. The summed E-state index contributed by atoms with van der Waals surface area (Å²) in [5.41, 5.74) is 3.98. The lowest BCUT2D eigenvalue weighted by Crippen LogP contribution is -2.61. The molecule has 4 saturated heterocycles. The average Bonchev–Trinajstić information content (AvgIpc) is 3.49. The van der Waals surface area contributed by atoms with Crippen LogP contribution in [0.2, 0.25) is 0 Å². The van der Waals surface area contributed by atoms with Gasteiger partial charge in [-0.15, -0.1) is 10.2 Å². The van der Waals surface area contributed by atoms with E-state index in [9.17, 15) is 14.4 Å². The van der Waals surface area contributed by atoms with Crippen LogP contribution in [0.3, 0.4) is 0 Å². The number of ether oxygens (including phenoxy) is 1. The third kappa shape index (κ3) is 7.83. The van der Waals surface area contributed by atoms with Crippen LogP contribution in [0, 0.1) is 28.5 Å². The molecule has 1 atom stereocenters. The van der Waals surface area contributed by atoms with Crippen LogP contribution in [-0.4, -0.2) is 109 Å². The SMILES string of the molecule is N#Cc1ccc(O[C@H]2CC[C@H](NC(=O)c3ccc(N4CCC(CN5CCC6(CC5)CN(c5cc7c(cc5F)C(=O)N(C5CCONO5)C7=O)C6)CC4)nn3)CC2)cc1. The summed E-state index contributed by atoms with van der Waals surface area (Å²) in [7, 11) is 0. The number of likely N-dealkylation sites (tertiary alicyclic amines) is 1. The maximum absolute atomic E-state index is 15.4. The molecule has 16 heteroatoms. The van der Waals surface area contributed by atoms with Gasteiger partial charge in [0.25, 0.3) is 17.7 Å². The first-order valence-electron chi connectivity index (χ1n) is 20.5. The van der Waals surface area contributed by atoms with E-state index in [1.807, 2.05) is 23.1 Å². The predicted molar refractivity (Wildman–Crippen MR) is 208 cm³/mol. The maximum atomic E-state index is 15.4. The molecule has 1 aliphatic carbocycles. The second-order valence-electron chi connectivity index (χ2n) is 16.7. The van der Waals surface area contributed by atoms with Crippen molar-refractivity contribution < 1.29 is 33.2 Å². The topological polar surface area (TPSA) is 165 Å². The number of imide groups is 1. The van der Waals surface area contributed by atoms with Gasteiger partial charge in [0.2, 0.25) is 0 Å². The van der Waals surface area contributed by atoms with E-state index in [0.717, 1.165) is 114 Å². The number of halogens is 1. The number of aromatic nitrogens is 2. The van der Waals surface area contributed by atoms with Crippen LogP contribution in [-0.2, 0) is 9.68 Å². The number of anilines is 2. The molecule has 3 aromatic rings. The van der Waals surface area contributed by atoms with Gasteiger partial charge < -0.3 is 24.8 Å². The summed E-state index contributed by atoms with van der Waals surface area (Å²) in [6.07, 6.45) is 7.13. The minimum Gasteiger partial charge on any atom is -0.490 e. The smallest absolute Gasteiger partial charge is 0.272 e. The van der Waals surface area contributed by atoms with Crippen LogP contribution < -0.4 is 25.5 Å². The van der Waals surface area contributed by atoms with Crippen LogP contribution in [0.5, 0.6) is 5.75 Å². The molecule has 6 heterocycles. The molecular weight excluding hydrogens is 746 g/mol. The largest absolute Gasteiger partial charge is 0.490 e. The molecular formula is C42H48FN9O6. The number of hydrogen-bond acceptors (Lipinski definition) is 13. The minimum atomic E-state index is -0.807. The summed E-state index contributed by atoms with van der Waals surface area (Å²) >= 11 is 0. The van der Waals surface area contributed by atoms with Gasteiger partial charge in [0.1, 0.15) is 11.6 Å². The highest BCUT2D eigenvalue weighted by molar-refractivity contribution is 6.22. The maximum Gasteiger partial charge on any atom is 0.272 e. The Labute approximate surface area is 336 Å². The van der Waals surface area contributed by atoms with Gasteiger partial charge in [-0.1, -0.05) is 5.64 Å².